The number of amides is 1. The number of carbonyl (C=O) groups excluding carboxylic acids is 1. The van der Waals surface area contributed by atoms with Crippen molar-refractivity contribution in [1.82, 2.24) is 0 Å². The Balaban J connectivity index is 1.84. The van der Waals surface area contributed by atoms with Gasteiger partial charge < -0.3 is 19.9 Å². The van der Waals surface area contributed by atoms with Gasteiger partial charge in [0, 0.05) is 22.8 Å². The maximum absolute atomic E-state index is 12.7. The summed E-state index contributed by atoms with van der Waals surface area (Å²) >= 11 is 1.20. The van der Waals surface area contributed by atoms with Gasteiger partial charge in [-0.15, -0.1) is 17.8 Å². The third-order valence-corrected chi connectivity index (χ3v) is 6.71. The van der Waals surface area contributed by atoms with Crippen LogP contribution in [-0.4, -0.2) is 30.2 Å². The molecule has 1 amide bonds. The van der Waals surface area contributed by atoms with Gasteiger partial charge in [-0.25, -0.2) is 4.79 Å². The number of fused-ring (bicyclic) bond motifs is 1. The first kappa shape index (κ1) is 22.4. The highest BCUT2D eigenvalue weighted by Gasteiger charge is 2.34. The maximum atomic E-state index is 12.7. The number of carboxylic acid groups (broad SMARTS) is 1. The first-order chi connectivity index (χ1) is 15.9. The van der Waals surface area contributed by atoms with E-state index in [1.807, 2.05) is 50.2 Å². The highest BCUT2D eigenvalue weighted by Crippen LogP contribution is 2.50. The van der Waals surface area contributed by atoms with Crippen molar-refractivity contribution in [2.75, 3.05) is 18.5 Å². The van der Waals surface area contributed by atoms with Crippen molar-refractivity contribution < 1.29 is 24.2 Å². The Labute approximate surface area is 196 Å². The minimum absolute atomic E-state index is 0.113. The fourth-order valence-electron chi connectivity index (χ4n) is 3.95. The number of thiophene rings is 1. The molecule has 3 aromatic rings. The van der Waals surface area contributed by atoms with Crippen LogP contribution in [0.3, 0.4) is 0 Å². The second kappa shape index (κ2) is 9.39. The van der Waals surface area contributed by atoms with Crippen molar-refractivity contribution in [2.24, 2.45) is 0 Å². The number of hydrogen-bond acceptors (Lipinski definition) is 5. The predicted molar refractivity (Wildman–Crippen MR) is 128 cm³/mol. The molecule has 0 saturated carbocycles. The lowest BCUT2D eigenvalue weighted by Gasteiger charge is -2.24. The summed E-state index contributed by atoms with van der Waals surface area (Å²) in [5.74, 6) is 2.00. The minimum Gasteiger partial charge on any atom is -0.490 e. The van der Waals surface area contributed by atoms with Gasteiger partial charge in [0.25, 0.3) is 0 Å². The Hall–Kier alpha value is -3.76. The first-order valence-electron chi connectivity index (χ1n) is 10.5. The van der Waals surface area contributed by atoms with Crippen LogP contribution < -0.4 is 14.8 Å². The molecule has 0 saturated heterocycles. The molecule has 1 atom stereocenters. The molecule has 168 valence electrons. The second-order valence-corrected chi connectivity index (χ2v) is 8.71. The van der Waals surface area contributed by atoms with Crippen LogP contribution in [0.1, 0.15) is 44.9 Å². The van der Waals surface area contributed by atoms with Gasteiger partial charge in [0.1, 0.15) is 11.5 Å². The van der Waals surface area contributed by atoms with Crippen LogP contribution in [0.2, 0.25) is 0 Å². The van der Waals surface area contributed by atoms with E-state index in [1.165, 1.54) is 11.3 Å². The van der Waals surface area contributed by atoms with E-state index >= 15 is 0 Å². The number of anilines is 1. The number of benzene rings is 2. The van der Waals surface area contributed by atoms with Gasteiger partial charge in [-0.3, -0.25) is 4.79 Å². The average molecular weight is 462 g/mol. The van der Waals surface area contributed by atoms with Crippen molar-refractivity contribution in [3.63, 3.8) is 0 Å². The van der Waals surface area contributed by atoms with E-state index in [4.69, 9.17) is 15.9 Å². The number of carboxylic acids is 1. The van der Waals surface area contributed by atoms with E-state index in [2.05, 4.69) is 11.2 Å². The van der Waals surface area contributed by atoms with Crippen molar-refractivity contribution in [3.8, 4) is 35.0 Å². The number of aromatic carboxylic acids is 1. The van der Waals surface area contributed by atoms with E-state index in [9.17, 15) is 14.7 Å². The molecule has 0 fully saturated rings. The summed E-state index contributed by atoms with van der Waals surface area (Å²) in [6, 6.07) is 13.1. The standard InChI is InChI=1S/C26H23NO5S/c1-4-12-32-19-11-10-17(13-20(19)31-5-2)18-14-21(28)27-23-22(16-8-6-15(3)7-9-16)25(26(29)30)33-24(18)23/h1,6-11,13,18H,5,12,14H2,2-3H3,(H,27,28)(H,29,30). The highest BCUT2D eigenvalue weighted by molar-refractivity contribution is 7.15. The van der Waals surface area contributed by atoms with E-state index < -0.39 is 5.97 Å². The Morgan fingerprint density at radius 3 is 2.64 bits per heavy atom. The van der Waals surface area contributed by atoms with Crippen molar-refractivity contribution >= 4 is 28.9 Å². The van der Waals surface area contributed by atoms with Gasteiger partial charge in [-0.05, 0) is 37.1 Å². The van der Waals surface area contributed by atoms with Gasteiger partial charge in [-0.2, -0.15) is 0 Å². The molecular formula is C26H23NO5S. The molecule has 2 aromatic carbocycles. The third kappa shape index (κ3) is 4.43. The highest BCUT2D eigenvalue weighted by atomic mass is 32.1. The van der Waals surface area contributed by atoms with Gasteiger partial charge >= 0.3 is 5.97 Å². The Bertz CT molecular complexity index is 1250. The SMILES string of the molecule is C#CCOc1ccc(C2CC(=O)Nc3c2sc(C(=O)O)c3-c2ccc(C)cc2)cc1OCC. The van der Waals surface area contributed by atoms with Crippen molar-refractivity contribution in [3.05, 3.63) is 63.3 Å². The van der Waals surface area contributed by atoms with Gasteiger partial charge in [0.2, 0.25) is 5.91 Å². The summed E-state index contributed by atoms with van der Waals surface area (Å²) in [7, 11) is 0. The molecule has 0 radical (unpaired) electrons. The summed E-state index contributed by atoms with van der Waals surface area (Å²) in [5.41, 5.74) is 3.77. The van der Waals surface area contributed by atoms with E-state index in [0.29, 0.717) is 29.4 Å². The number of carbonyl (C=O) groups is 2. The molecule has 4 rings (SSSR count). The largest absolute Gasteiger partial charge is 0.490 e. The molecule has 33 heavy (non-hydrogen) atoms. The molecule has 7 heteroatoms. The zero-order valence-corrected chi connectivity index (χ0v) is 19.1. The average Bonchev–Trinajstić information content (AvgIpc) is 3.18. The zero-order chi connectivity index (χ0) is 23.5. The number of nitrogens with one attached hydrogen (secondary N) is 1. The van der Waals surface area contributed by atoms with Crippen LogP contribution in [0, 0.1) is 19.3 Å². The smallest absolute Gasteiger partial charge is 0.346 e. The fourth-order valence-corrected chi connectivity index (χ4v) is 5.20. The quantitative estimate of drug-likeness (QED) is 0.466. The molecule has 0 aliphatic carbocycles. The number of rotatable bonds is 7. The summed E-state index contributed by atoms with van der Waals surface area (Å²) in [6.07, 6.45) is 5.51. The molecule has 6 nitrogen and oxygen atoms in total. The topological polar surface area (TPSA) is 84.9 Å². The molecule has 2 N–H and O–H groups in total. The molecule has 1 aliphatic rings. The molecule has 2 heterocycles. The van der Waals surface area contributed by atoms with Gasteiger partial charge in [-0.1, -0.05) is 41.8 Å². The van der Waals surface area contributed by atoms with E-state index in [-0.39, 0.29) is 29.7 Å². The lowest BCUT2D eigenvalue weighted by atomic mass is 9.88. The van der Waals surface area contributed by atoms with Crippen LogP contribution >= 0.6 is 11.3 Å². The number of hydrogen-bond donors (Lipinski definition) is 2. The van der Waals surface area contributed by atoms with Crippen LogP contribution in [0.15, 0.2) is 42.5 Å². The summed E-state index contributed by atoms with van der Waals surface area (Å²) in [6.45, 7) is 4.39. The summed E-state index contributed by atoms with van der Waals surface area (Å²) in [4.78, 5) is 25.9. The third-order valence-electron chi connectivity index (χ3n) is 5.42. The number of aryl methyl sites for hydroxylation is 1. The van der Waals surface area contributed by atoms with E-state index in [0.717, 1.165) is 21.6 Å². The Morgan fingerprint density at radius 2 is 1.97 bits per heavy atom. The van der Waals surface area contributed by atoms with Crippen LogP contribution in [-0.2, 0) is 4.79 Å². The number of terminal acetylenes is 1. The fraction of sp³-hybridized carbons (Fsp3) is 0.231. The Morgan fingerprint density at radius 1 is 1.21 bits per heavy atom. The van der Waals surface area contributed by atoms with Crippen molar-refractivity contribution in [2.45, 2.75) is 26.2 Å². The Kier molecular flexibility index (Phi) is 6.38. The summed E-state index contributed by atoms with van der Waals surface area (Å²) in [5, 5.41) is 12.9. The summed E-state index contributed by atoms with van der Waals surface area (Å²) < 4.78 is 11.3. The molecule has 0 bridgehead atoms. The lowest BCUT2D eigenvalue weighted by Crippen LogP contribution is -2.22. The monoisotopic (exact) mass is 461 g/mol. The van der Waals surface area contributed by atoms with Crippen LogP contribution in [0.5, 0.6) is 11.5 Å². The maximum Gasteiger partial charge on any atom is 0.346 e. The predicted octanol–water partition coefficient (Wildman–Crippen LogP) is 5.31. The van der Waals surface area contributed by atoms with Crippen LogP contribution in [0.4, 0.5) is 5.69 Å². The number of ether oxygens (including phenoxy) is 2. The van der Waals surface area contributed by atoms with Gasteiger partial charge in [0.15, 0.2) is 11.5 Å². The van der Waals surface area contributed by atoms with Gasteiger partial charge in [0.05, 0.1) is 12.3 Å². The second-order valence-electron chi connectivity index (χ2n) is 7.65. The first-order valence-corrected chi connectivity index (χ1v) is 11.3. The molecular weight excluding hydrogens is 438 g/mol. The molecule has 1 aromatic heterocycles. The van der Waals surface area contributed by atoms with Crippen LogP contribution in [0.25, 0.3) is 11.1 Å². The molecule has 1 aliphatic heterocycles. The normalized spacial score (nSPS) is 14.7. The van der Waals surface area contributed by atoms with E-state index in [1.54, 1.807) is 6.07 Å². The lowest BCUT2D eigenvalue weighted by molar-refractivity contribution is -0.116. The minimum atomic E-state index is -1.02. The molecule has 1 unspecified atom stereocenters. The molecule has 0 spiro atoms. The van der Waals surface area contributed by atoms with Crippen molar-refractivity contribution in [1.29, 1.82) is 0 Å². The zero-order valence-electron chi connectivity index (χ0n) is 18.3.